The smallest absolute Gasteiger partial charge is 0.416 e. The third-order valence-corrected chi connectivity index (χ3v) is 8.08. The van der Waals surface area contributed by atoms with Gasteiger partial charge in [0.25, 0.3) is 0 Å². The van der Waals surface area contributed by atoms with Gasteiger partial charge in [-0.25, -0.2) is 0 Å². The number of carbonyl (C=O) groups is 1. The summed E-state index contributed by atoms with van der Waals surface area (Å²) in [4.78, 5) is 16.0. The Morgan fingerprint density at radius 3 is 2.68 bits per heavy atom. The summed E-state index contributed by atoms with van der Waals surface area (Å²) in [6, 6.07) is 14.2. The van der Waals surface area contributed by atoms with Crippen molar-refractivity contribution in [2.45, 2.75) is 43.5 Å². The molecular formula is C30H26F3NO2S. The molecule has 0 spiro atoms. The van der Waals surface area contributed by atoms with Gasteiger partial charge in [0, 0.05) is 11.4 Å². The molecule has 37 heavy (non-hydrogen) atoms. The van der Waals surface area contributed by atoms with E-state index in [9.17, 15) is 18.0 Å². The van der Waals surface area contributed by atoms with E-state index in [-0.39, 0.29) is 17.7 Å². The summed E-state index contributed by atoms with van der Waals surface area (Å²) in [5.74, 6) is -0.646. The van der Waals surface area contributed by atoms with Gasteiger partial charge in [-0.05, 0) is 83.3 Å². The number of thioether (sulfide) groups is 1. The molecule has 1 heterocycles. The van der Waals surface area contributed by atoms with E-state index in [4.69, 9.17) is 10.1 Å². The van der Waals surface area contributed by atoms with Gasteiger partial charge < -0.3 is 5.11 Å². The van der Waals surface area contributed by atoms with Gasteiger partial charge in [-0.1, -0.05) is 48.6 Å². The number of benzene rings is 2. The van der Waals surface area contributed by atoms with E-state index in [1.54, 1.807) is 12.1 Å². The summed E-state index contributed by atoms with van der Waals surface area (Å²) < 4.78 is 41.5. The third kappa shape index (κ3) is 5.67. The van der Waals surface area contributed by atoms with Gasteiger partial charge >= 0.3 is 12.1 Å². The molecule has 0 saturated heterocycles. The highest BCUT2D eigenvalue weighted by Gasteiger charge is 2.35. The first kappa shape index (κ1) is 25.3. The molecule has 0 bridgehead atoms. The van der Waals surface area contributed by atoms with Crippen LogP contribution in [0, 0.1) is 0 Å². The Bertz CT molecular complexity index is 1390. The molecule has 190 valence electrons. The summed E-state index contributed by atoms with van der Waals surface area (Å²) in [5, 5.41) is 8.71. The zero-order chi connectivity index (χ0) is 26.0. The minimum atomic E-state index is -4.49. The number of alkyl halides is 3. The fourth-order valence-corrected chi connectivity index (χ4v) is 6.28. The topological polar surface area (TPSA) is 50.2 Å². The quantitative estimate of drug-likeness (QED) is 0.358. The van der Waals surface area contributed by atoms with Gasteiger partial charge in [0.05, 0.1) is 22.9 Å². The number of rotatable bonds is 6. The van der Waals surface area contributed by atoms with Crippen molar-refractivity contribution in [2.75, 3.05) is 5.75 Å². The summed E-state index contributed by atoms with van der Waals surface area (Å²) in [6.45, 7) is 0. The van der Waals surface area contributed by atoms with Crippen molar-refractivity contribution >= 4 is 42.0 Å². The minimum Gasteiger partial charge on any atom is -0.481 e. The summed E-state index contributed by atoms with van der Waals surface area (Å²) in [6.07, 6.45) is 7.06. The maximum Gasteiger partial charge on any atom is 0.416 e. The highest BCUT2D eigenvalue weighted by atomic mass is 32.2. The number of aliphatic carboxylic acids is 1. The number of carboxylic acid groups (broad SMARTS) is 1. The van der Waals surface area contributed by atoms with Crippen LogP contribution in [0.1, 0.15) is 74.8 Å². The second kappa shape index (κ2) is 10.6. The Balaban J connectivity index is 1.52. The molecule has 1 N–H and O–H groups in total. The molecule has 3 aromatic rings. The standard InChI is InChI=1S/C30H26F3NO2S/c31-30(32,33)26-6-3-5-24-23(26)15-12-20-10-8-19(18-25(20)29(24)37-17-16-28(35)36)9-13-22-14-11-21-4-1-2-7-27(21)34-22/h3,5-6,8-15,18,29H,1-2,4,7,16-17H2,(H,35,36)/b13-9+. The number of pyridine rings is 1. The van der Waals surface area contributed by atoms with E-state index in [1.165, 1.54) is 35.9 Å². The van der Waals surface area contributed by atoms with Gasteiger partial charge in [0.1, 0.15) is 0 Å². The fraction of sp³-hybridized carbons (Fsp3) is 0.267. The number of nitrogens with zero attached hydrogens (tertiary/aromatic N) is 1. The summed E-state index contributed by atoms with van der Waals surface area (Å²) in [7, 11) is 0. The number of aromatic nitrogens is 1. The molecule has 2 aliphatic rings. The van der Waals surface area contributed by atoms with Crippen molar-refractivity contribution in [3.63, 3.8) is 0 Å². The second-order valence-corrected chi connectivity index (χ2v) is 10.5. The van der Waals surface area contributed by atoms with E-state index in [0.29, 0.717) is 5.56 Å². The first-order valence-corrected chi connectivity index (χ1v) is 13.4. The van der Waals surface area contributed by atoms with Crippen molar-refractivity contribution in [1.82, 2.24) is 4.98 Å². The van der Waals surface area contributed by atoms with Crippen LogP contribution in [0.5, 0.6) is 0 Å². The maximum absolute atomic E-state index is 13.8. The lowest BCUT2D eigenvalue weighted by molar-refractivity contribution is -0.138. The normalized spacial score (nSPS) is 16.7. The Labute approximate surface area is 218 Å². The Morgan fingerprint density at radius 2 is 1.86 bits per heavy atom. The Hall–Kier alpha value is -3.32. The fourth-order valence-electron chi connectivity index (χ4n) is 4.98. The minimum absolute atomic E-state index is 0.0676. The number of hydrogen-bond acceptors (Lipinski definition) is 3. The SMILES string of the molecule is O=C(O)CCSC1c2cc(/C=C/c3ccc4c(n3)CCCC4)ccc2C=Cc2c1cccc2C(F)(F)F. The lowest BCUT2D eigenvalue weighted by Gasteiger charge is -2.22. The first-order valence-electron chi connectivity index (χ1n) is 12.3. The molecule has 0 saturated carbocycles. The van der Waals surface area contributed by atoms with Gasteiger partial charge in [-0.15, -0.1) is 11.8 Å². The number of hydrogen-bond donors (Lipinski definition) is 1. The molecular weight excluding hydrogens is 495 g/mol. The lowest BCUT2D eigenvalue weighted by Crippen LogP contribution is -2.11. The zero-order valence-electron chi connectivity index (χ0n) is 20.1. The molecule has 3 nitrogen and oxygen atoms in total. The van der Waals surface area contributed by atoms with Crippen molar-refractivity contribution in [1.29, 1.82) is 0 Å². The van der Waals surface area contributed by atoms with Crippen LogP contribution in [0.15, 0.2) is 48.5 Å². The molecule has 2 aliphatic carbocycles. The van der Waals surface area contributed by atoms with Crippen LogP contribution in [0.4, 0.5) is 13.2 Å². The van der Waals surface area contributed by atoms with E-state index in [2.05, 4.69) is 6.07 Å². The van der Waals surface area contributed by atoms with Crippen molar-refractivity contribution in [3.8, 4) is 0 Å². The van der Waals surface area contributed by atoms with Crippen LogP contribution in [-0.4, -0.2) is 21.8 Å². The van der Waals surface area contributed by atoms with Crippen LogP contribution in [0.2, 0.25) is 0 Å². The van der Waals surface area contributed by atoms with Crippen molar-refractivity contribution < 1.29 is 23.1 Å². The van der Waals surface area contributed by atoms with Gasteiger partial charge in [-0.3, -0.25) is 9.78 Å². The van der Waals surface area contributed by atoms with Crippen molar-refractivity contribution in [2.24, 2.45) is 0 Å². The predicted molar refractivity (Wildman–Crippen MR) is 143 cm³/mol. The lowest BCUT2D eigenvalue weighted by atomic mass is 9.94. The maximum atomic E-state index is 13.8. The molecule has 1 aromatic heterocycles. The molecule has 0 fully saturated rings. The number of fused-ring (bicyclic) bond motifs is 3. The second-order valence-electron chi connectivity index (χ2n) is 9.30. The van der Waals surface area contributed by atoms with Gasteiger partial charge in [-0.2, -0.15) is 13.2 Å². The largest absolute Gasteiger partial charge is 0.481 e. The predicted octanol–water partition coefficient (Wildman–Crippen LogP) is 7.93. The Kier molecular flexibility index (Phi) is 7.24. The van der Waals surface area contributed by atoms with Crippen LogP contribution in [-0.2, 0) is 23.8 Å². The first-order chi connectivity index (χ1) is 17.8. The van der Waals surface area contributed by atoms with Crippen LogP contribution in [0.3, 0.4) is 0 Å². The van der Waals surface area contributed by atoms with E-state index < -0.39 is 23.0 Å². The Morgan fingerprint density at radius 1 is 1.03 bits per heavy atom. The zero-order valence-corrected chi connectivity index (χ0v) is 20.9. The number of halogens is 3. The number of carboxylic acids is 1. The molecule has 5 rings (SSSR count). The van der Waals surface area contributed by atoms with E-state index in [0.717, 1.165) is 53.4 Å². The van der Waals surface area contributed by atoms with Crippen LogP contribution < -0.4 is 0 Å². The molecule has 0 amide bonds. The van der Waals surface area contributed by atoms with Crippen molar-refractivity contribution in [3.05, 3.63) is 98.9 Å². The van der Waals surface area contributed by atoms with Crippen LogP contribution in [0.25, 0.3) is 24.3 Å². The van der Waals surface area contributed by atoms with Gasteiger partial charge in [0.15, 0.2) is 0 Å². The summed E-state index contributed by atoms with van der Waals surface area (Å²) >= 11 is 1.36. The molecule has 2 aromatic carbocycles. The molecule has 0 radical (unpaired) electrons. The number of aryl methyl sites for hydroxylation is 2. The van der Waals surface area contributed by atoms with E-state index >= 15 is 0 Å². The third-order valence-electron chi connectivity index (χ3n) is 6.80. The summed E-state index contributed by atoms with van der Waals surface area (Å²) in [5.41, 5.74) is 5.94. The molecule has 1 unspecified atom stereocenters. The molecule has 0 aliphatic heterocycles. The highest BCUT2D eigenvalue weighted by molar-refractivity contribution is 7.99. The molecule has 7 heteroatoms. The molecule has 1 atom stereocenters. The van der Waals surface area contributed by atoms with Crippen LogP contribution >= 0.6 is 11.8 Å². The van der Waals surface area contributed by atoms with E-state index in [1.807, 2.05) is 36.4 Å². The highest BCUT2D eigenvalue weighted by Crippen LogP contribution is 2.46. The monoisotopic (exact) mass is 521 g/mol. The average Bonchev–Trinajstić information content (AvgIpc) is 3.03. The average molecular weight is 522 g/mol. The van der Waals surface area contributed by atoms with Gasteiger partial charge in [0.2, 0.25) is 0 Å².